The molecule has 6 heteroatoms. The molecular formula is C23H24O6. The van der Waals surface area contributed by atoms with Crippen LogP contribution in [0.25, 0.3) is 6.08 Å². The van der Waals surface area contributed by atoms with Crippen LogP contribution in [0.3, 0.4) is 0 Å². The van der Waals surface area contributed by atoms with E-state index in [0.717, 1.165) is 5.56 Å². The summed E-state index contributed by atoms with van der Waals surface area (Å²) in [4.78, 5) is 24.2. The highest BCUT2D eigenvalue weighted by atomic mass is 16.6. The summed E-state index contributed by atoms with van der Waals surface area (Å²) in [6, 6.07) is 12.5. The first-order valence-electron chi connectivity index (χ1n) is 9.40. The molecule has 2 aromatic carbocycles. The van der Waals surface area contributed by atoms with Crippen molar-refractivity contribution in [3.05, 3.63) is 65.2 Å². The van der Waals surface area contributed by atoms with Crippen LogP contribution in [0.2, 0.25) is 0 Å². The molecule has 0 spiro atoms. The molecule has 2 aromatic rings. The summed E-state index contributed by atoms with van der Waals surface area (Å²) in [6.45, 7) is 5.41. The van der Waals surface area contributed by atoms with Crippen molar-refractivity contribution in [3.63, 3.8) is 0 Å². The van der Waals surface area contributed by atoms with Crippen molar-refractivity contribution in [2.24, 2.45) is 5.92 Å². The molecule has 0 amide bonds. The third kappa shape index (κ3) is 5.03. The second-order valence-corrected chi connectivity index (χ2v) is 7.35. The minimum absolute atomic E-state index is 0.0505. The standard InChI is InChI=1S/C23H24O6/c1-15(2)22(26)29-20-11-16(3)19(24)12-18(20)23(14-28-23)13-27-21(25)10-9-17-7-5-4-6-8-17/h4-12,15,24H,13-14H2,1-3H3/b10-9+/t23-/m1/s1. The number of aryl methyl sites for hydroxylation is 1. The predicted octanol–water partition coefficient (Wildman–Crippen LogP) is 3.74. The fraction of sp³-hybridized carbons (Fsp3) is 0.304. The van der Waals surface area contributed by atoms with Crippen molar-refractivity contribution in [2.75, 3.05) is 13.2 Å². The summed E-state index contributed by atoms with van der Waals surface area (Å²) in [5.41, 5.74) is 0.995. The van der Waals surface area contributed by atoms with Gasteiger partial charge in [0.25, 0.3) is 0 Å². The van der Waals surface area contributed by atoms with Gasteiger partial charge in [-0.05, 0) is 36.3 Å². The van der Waals surface area contributed by atoms with E-state index < -0.39 is 17.5 Å². The van der Waals surface area contributed by atoms with E-state index in [1.807, 2.05) is 30.3 Å². The Bertz CT molecular complexity index is 926. The van der Waals surface area contributed by atoms with Crippen LogP contribution < -0.4 is 4.74 Å². The van der Waals surface area contributed by atoms with Crippen LogP contribution >= 0.6 is 0 Å². The van der Waals surface area contributed by atoms with Gasteiger partial charge in [0.1, 0.15) is 18.1 Å². The summed E-state index contributed by atoms with van der Waals surface area (Å²) < 4.78 is 16.4. The lowest BCUT2D eigenvalue weighted by molar-refractivity contribution is -0.140. The van der Waals surface area contributed by atoms with Gasteiger partial charge >= 0.3 is 11.9 Å². The summed E-state index contributed by atoms with van der Waals surface area (Å²) in [5.74, 6) is -0.869. The Labute approximate surface area is 169 Å². The fourth-order valence-corrected chi connectivity index (χ4v) is 2.70. The molecule has 1 fully saturated rings. The van der Waals surface area contributed by atoms with Gasteiger partial charge in [-0.3, -0.25) is 4.79 Å². The van der Waals surface area contributed by atoms with Gasteiger partial charge in [0.2, 0.25) is 0 Å². The van der Waals surface area contributed by atoms with Crippen molar-refractivity contribution in [3.8, 4) is 11.5 Å². The lowest BCUT2D eigenvalue weighted by Crippen LogP contribution is -2.23. The van der Waals surface area contributed by atoms with E-state index in [1.165, 1.54) is 12.1 Å². The minimum atomic E-state index is -0.936. The molecule has 1 aliphatic heterocycles. The summed E-state index contributed by atoms with van der Waals surface area (Å²) in [5, 5.41) is 10.1. The van der Waals surface area contributed by atoms with Gasteiger partial charge in [0.15, 0.2) is 5.60 Å². The molecule has 0 aliphatic carbocycles. The molecule has 0 bridgehead atoms. The number of carbonyl (C=O) groups is 2. The fourth-order valence-electron chi connectivity index (χ4n) is 2.70. The molecule has 152 valence electrons. The molecule has 0 radical (unpaired) electrons. The predicted molar refractivity (Wildman–Crippen MR) is 107 cm³/mol. The highest BCUT2D eigenvalue weighted by molar-refractivity contribution is 5.87. The molecule has 0 unspecified atom stereocenters. The largest absolute Gasteiger partial charge is 0.508 e. The number of hydrogen-bond donors (Lipinski definition) is 1. The van der Waals surface area contributed by atoms with E-state index in [2.05, 4.69) is 0 Å². The molecule has 1 heterocycles. The minimum Gasteiger partial charge on any atom is -0.508 e. The Balaban J connectivity index is 1.74. The van der Waals surface area contributed by atoms with Crippen molar-refractivity contribution < 1.29 is 28.9 Å². The zero-order chi connectivity index (χ0) is 21.0. The van der Waals surface area contributed by atoms with Gasteiger partial charge < -0.3 is 19.3 Å². The molecule has 1 atom stereocenters. The van der Waals surface area contributed by atoms with E-state index in [9.17, 15) is 14.7 Å². The number of phenols is 1. The normalized spacial score (nSPS) is 18.1. The van der Waals surface area contributed by atoms with E-state index in [4.69, 9.17) is 14.2 Å². The van der Waals surface area contributed by atoms with Crippen molar-refractivity contribution in [2.45, 2.75) is 26.4 Å². The Hall–Kier alpha value is -3.12. The van der Waals surface area contributed by atoms with Gasteiger partial charge in [-0.25, -0.2) is 4.79 Å². The van der Waals surface area contributed by atoms with E-state index in [1.54, 1.807) is 32.9 Å². The SMILES string of the molecule is Cc1cc(OC(=O)C(C)C)c([C@@]2(COC(=O)/C=C/c3ccccc3)CO2)cc1O. The lowest BCUT2D eigenvalue weighted by atomic mass is 9.97. The Morgan fingerprint density at radius 1 is 1.24 bits per heavy atom. The monoisotopic (exact) mass is 396 g/mol. The van der Waals surface area contributed by atoms with Crippen molar-refractivity contribution in [1.29, 1.82) is 0 Å². The smallest absolute Gasteiger partial charge is 0.330 e. The lowest BCUT2D eigenvalue weighted by Gasteiger charge is -2.18. The summed E-state index contributed by atoms with van der Waals surface area (Å²) in [6.07, 6.45) is 3.01. The first-order valence-corrected chi connectivity index (χ1v) is 9.40. The van der Waals surface area contributed by atoms with Crippen LogP contribution in [-0.2, 0) is 24.7 Å². The number of ether oxygens (including phenoxy) is 3. The Morgan fingerprint density at radius 3 is 2.55 bits per heavy atom. The van der Waals surface area contributed by atoms with Crippen LogP contribution in [0, 0.1) is 12.8 Å². The Morgan fingerprint density at radius 2 is 1.93 bits per heavy atom. The highest BCUT2D eigenvalue weighted by Crippen LogP contribution is 2.46. The molecular weight excluding hydrogens is 372 g/mol. The maximum atomic E-state index is 12.1. The maximum Gasteiger partial charge on any atom is 0.330 e. The number of rotatable bonds is 7. The number of epoxide rings is 1. The maximum absolute atomic E-state index is 12.1. The first-order chi connectivity index (χ1) is 13.8. The number of esters is 2. The average Bonchev–Trinajstić information content (AvgIpc) is 3.49. The number of phenolic OH excluding ortho intramolecular Hbond substituents is 1. The number of hydrogen-bond acceptors (Lipinski definition) is 6. The molecule has 0 saturated carbocycles. The second-order valence-electron chi connectivity index (χ2n) is 7.35. The van der Waals surface area contributed by atoms with Gasteiger partial charge in [-0.15, -0.1) is 0 Å². The van der Waals surface area contributed by atoms with Gasteiger partial charge in [-0.2, -0.15) is 0 Å². The average molecular weight is 396 g/mol. The summed E-state index contributed by atoms with van der Waals surface area (Å²) in [7, 11) is 0. The topological polar surface area (TPSA) is 85.4 Å². The molecule has 1 aliphatic rings. The zero-order valence-corrected chi connectivity index (χ0v) is 16.7. The number of aromatic hydroxyl groups is 1. The first kappa shape index (κ1) is 20.6. The van der Waals surface area contributed by atoms with Crippen LogP contribution in [0.1, 0.15) is 30.5 Å². The van der Waals surface area contributed by atoms with Crippen molar-refractivity contribution in [1.82, 2.24) is 0 Å². The van der Waals surface area contributed by atoms with Gasteiger partial charge in [0.05, 0.1) is 12.5 Å². The van der Waals surface area contributed by atoms with Crippen LogP contribution in [-0.4, -0.2) is 30.3 Å². The van der Waals surface area contributed by atoms with Crippen LogP contribution in [0.15, 0.2) is 48.5 Å². The number of carbonyl (C=O) groups excluding carboxylic acids is 2. The van der Waals surface area contributed by atoms with Gasteiger partial charge in [-0.1, -0.05) is 44.2 Å². The molecule has 3 rings (SSSR count). The van der Waals surface area contributed by atoms with E-state index in [-0.39, 0.29) is 24.9 Å². The molecule has 1 N–H and O–H groups in total. The molecule has 6 nitrogen and oxygen atoms in total. The molecule has 1 saturated heterocycles. The summed E-state index contributed by atoms with van der Waals surface area (Å²) >= 11 is 0. The third-order valence-electron chi connectivity index (χ3n) is 4.62. The van der Waals surface area contributed by atoms with Crippen molar-refractivity contribution >= 4 is 18.0 Å². The third-order valence-corrected chi connectivity index (χ3v) is 4.62. The Kier molecular flexibility index (Phi) is 6.03. The molecule has 0 aromatic heterocycles. The van der Waals surface area contributed by atoms with Crippen LogP contribution in [0.4, 0.5) is 0 Å². The molecule has 29 heavy (non-hydrogen) atoms. The quantitative estimate of drug-likeness (QED) is 0.332. The van der Waals surface area contributed by atoms with Gasteiger partial charge in [0, 0.05) is 11.6 Å². The van der Waals surface area contributed by atoms with E-state index >= 15 is 0 Å². The van der Waals surface area contributed by atoms with Crippen LogP contribution in [0.5, 0.6) is 11.5 Å². The zero-order valence-electron chi connectivity index (χ0n) is 16.7. The van der Waals surface area contributed by atoms with E-state index in [0.29, 0.717) is 16.9 Å². The highest BCUT2D eigenvalue weighted by Gasteiger charge is 2.50. The number of benzene rings is 2. The second kappa shape index (κ2) is 8.49.